The summed E-state index contributed by atoms with van der Waals surface area (Å²) >= 11 is 0. The van der Waals surface area contributed by atoms with Crippen LogP contribution in [0.25, 0.3) is 11.1 Å². The molecule has 0 N–H and O–H groups in total. The molecule has 0 saturated carbocycles. The summed E-state index contributed by atoms with van der Waals surface area (Å²) in [6, 6.07) is 6.59. The molecule has 110 valence electrons. The van der Waals surface area contributed by atoms with E-state index in [1.807, 2.05) is 4.68 Å². The van der Waals surface area contributed by atoms with Gasteiger partial charge in [0.05, 0.1) is 11.2 Å². The summed E-state index contributed by atoms with van der Waals surface area (Å²) in [6.07, 6.45) is 1.73. The van der Waals surface area contributed by atoms with Gasteiger partial charge in [0.2, 0.25) is 0 Å². The van der Waals surface area contributed by atoms with Gasteiger partial charge in [-0.1, -0.05) is 19.1 Å². The molecule has 0 aliphatic carbocycles. The number of aromatic nitrogens is 2. The molecule has 4 heteroatoms. The number of fused-ring (bicyclic) bond motifs is 1. The average Bonchev–Trinajstić information content (AvgIpc) is 2.78. The minimum Gasteiger partial charge on any atom is -0.241 e. The summed E-state index contributed by atoms with van der Waals surface area (Å²) in [5, 5.41) is 4.77. The summed E-state index contributed by atoms with van der Waals surface area (Å²) in [5.74, 6) is 0.671. The minimum absolute atomic E-state index is 0.0800. The molecule has 2 aromatic rings. The van der Waals surface area contributed by atoms with Gasteiger partial charge >= 0.3 is 0 Å². The number of rotatable bonds is 2. The van der Waals surface area contributed by atoms with E-state index in [1.54, 1.807) is 12.1 Å². The Morgan fingerprint density at radius 3 is 2.52 bits per heavy atom. The van der Waals surface area contributed by atoms with Gasteiger partial charge in [-0.2, -0.15) is 5.10 Å². The standard InChI is InChI=1S/C17H20FN3/c1-5-14-15(12-6-8-13(18)9-7-12)16-19-11(2)10-17(3,4)21(16)20-14/h6-9H,5,10H2,1-4H3. The number of aliphatic imine (C=N–C) groups is 1. The summed E-state index contributed by atoms with van der Waals surface area (Å²) < 4.78 is 15.2. The molecule has 0 spiro atoms. The van der Waals surface area contributed by atoms with Gasteiger partial charge in [-0.05, 0) is 44.9 Å². The van der Waals surface area contributed by atoms with Gasteiger partial charge < -0.3 is 0 Å². The third-order valence-corrected chi connectivity index (χ3v) is 3.96. The zero-order chi connectivity index (χ0) is 15.2. The number of halogens is 1. The lowest BCUT2D eigenvalue weighted by Gasteiger charge is -2.30. The van der Waals surface area contributed by atoms with Crippen molar-refractivity contribution in [2.75, 3.05) is 0 Å². The van der Waals surface area contributed by atoms with E-state index >= 15 is 0 Å². The Morgan fingerprint density at radius 1 is 1.24 bits per heavy atom. The normalized spacial score (nSPS) is 16.5. The molecule has 3 rings (SSSR count). The van der Waals surface area contributed by atoms with Crippen molar-refractivity contribution < 1.29 is 4.39 Å². The van der Waals surface area contributed by atoms with Crippen LogP contribution < -0.4 is 0 Å². The van der Waals surface area contributed by atoms with Crippen molar-refractivity contribution in [1.29, 1.82) is 0 Å². The van der Waals surface area contributed by atoms with E-state index in [0.717, 1.165) is 41.2 Å². The highest BCUT2D eigenvalue weighted by Crippen LogP contribution is 2.41. The molecule has 1 aromatic carbocycles. The van der Waals surface area contributed by atoms with E-state index in [0.29, 0.717) is 0 Å². The van der Waals surface area contributed by atoms with Gasteiger partial charge in [-0.15, -0.1) is 0 Å². The highest BCUT2D eigenvalue weighted by molar-refractivity contribution is 5.90. The predicted molar refractivity (Wildman–Crippen MR) is 83.7 cm³/mol. The van der Waals surface area contributed by atoms with Gasteiger partial charge in [0.25, 0.3) is 0 Å². The van der Waals surface area contributed by atoms with E-state index in [1.165, 1.54) is 12.1 Å². The quantitative estimate of drug-likeness (QED) is 0.800. The molecular formula is C17H20FN3. The summed E-state index contributed by atoms with van der Waals surface area (Å²) in [4.78, 5) is 4.73. The average molecular weight is 285 g/mol. The van der Waals surface area contributed by atoms with Crippen LogP contribution in [0, 0.1) is 5.82 Å². The van der Waals surface area contributed by atoms with E-state index < -0.39 is 0 Å². The van der Waals surface area contributed by atoms with Crippen molar-refractivity contribution >= 4 is 11.5 Å². The van der Waals surface area contributed by atoms with E-state index in [2.05, 4.69) is 27.7 Å². The fraction of sp³-hybridized carbons (Fsp3) is 0.412. The SMILES string of the molecule is CCc1nn2c(c1-c1ccc(F)cc1)N=C(C)CC2(C)C. The number of aryl methyl sites for hydroxylation is 1. The van der Waals surface area contributed by atoms with Crippen molar-refractivity contribution in [3.63, 3.8) is 0 Å². The maximum absolute atomic E-state index is 13.2. The molecule has 1 aliphatic heterocycles. The summed E-state index contributed by atoms with van der Waals surface area (Å²) in [7, 11) is 0. The van der Waals surface area contributed by atoms with E-state index in [-0.39, 0.29) is 11.4 Å². The van der Waals surface area contributed by atoms with Gasteiger partial charge in [-0.25, -0.2) is 14.1 Å². The first-order valence-corrected chi connectivity index (χ1v) is 7.35. The largest absolute Gasteiger partial charge is 0.241 e. The van der Waals surface area contributed by atoms with Crippen LogP contribution in [0.1, 0.15) is 39.8 Å². The molecular weight excluding hydrogens is 265 g/mol. The van der Waals surface area contributed by atoms with Gasteiger partial charge in [0.15, 0.2) is 5.82 Å². The lowest BCUT2D eigenvalue weighted by molar-refractivity contribution is 0.326. The fourth-order valence-electron chi connectivity index (χ4n) is 3.06. The fourth-order valence-corrected chi connectivity index (χ4v) is 3.06. The van der Waals surface area contributed by atoms with Crippen molar-refractivity contribution in [2.24, 2.45) is 4.99 Å². The van der Waals surface area contributed by atoms with Crippen LogP contribution >= 0.6 is 0 Å². The first-order chi connectivity index (χ1) is 9.92. The zero-order valence-corrected chi connectivity index (χ0v) is 12.9. The second-order valence-electron chi connectivity index (χ2n) is 6.25. The molecule has 0 unspecified atom stereocenters. The van der Waals surface area contributed by atoms with Crippen LogP contribution in [0.3, 0.4) is 0 Å². The first kappa shape index (κ1) is 14.0. The van der Waals surface area contributed by atoms with E-state index in [9.17, 15) is 4.39 Å². The molecule has 3 nitrogen and oxygen atoms in total. The Kier molecular flexibility index (Phi) is 3.19. The van der Waals surface area contributed by atoms with Crippen molar-refractivity contribution in [2.45, 2.75) is 46.1 Å². The third-order valence-electron chi connectivity index (χ3n) is 3.96. The Labute approximate surface area is 124 Å². The monoisotopic (exact) mass is 285 g/mol. The number of nitrogens with zero attached hydrogens (tertiary/aromatic N) is 3. The molecule has 1 aromatic heterocycles. The molecule has 0 amide bonds. The lowest BCUT2D eigenvalue weighted by Crippen LogP contribution is -2.32. The van der Waals surface area contributed by atoms with Crippen molar-refractivity contribution in [3.05, 3.63) is 35.8 Å². The molecule has 0 saturated heterocycles. The summed E-state index contributed by atoms with van der Waals surface area (Å²) in [6.45, 7) is 8.49. The smallest absolute Gasteiger partial charge is 0.159 e. The van der Waals surface area contributed by atoms with Crippen LogP contribution in [0.4, 0.5) is 10.2 Å². The lowest BCUT2D eigenvalue weighted by atomic mass is 9.95. The number of hydrogen-bond acceptors (Lipinski definition) is 2. The van der Waals surface area contributed by atoms with Gasteiger partial charge in [-0.3, -0.25) is 0 Å². The number of hydrogen-bond donors (Lipinski definition) is 0. The van der Waals surface area contributed by atoms with Crippen molar-refractivity contribution in [3.8, 4) is 11.1 Å². The first-order valence-electron chi connectivity index (χ1n) is 7.35. The van der Waals surface area contributed by atoms with Gasteiger partial charge in [0.1, 0.15) is 5.82 Å². The molecule has 21 heavy (non-hydrogen) atoms. The van der Waals surface area contributed by atoms with Gasteiger partial charge in [0, 0.05) is 17.7 Å². The molecule has 0 radical (unpaired) electrons. The number of benzene rings is 1. The van der Waals surface area contributed by atoms with Crippen LogP contribution in [-0.4, -0.2) is 15.5 Å². The zero-order valence-electron chi connectivity index (χ0n) is 12.9. The van der Waals surface area contributed by atoms with Crippen LogP contribution in [0.5, 0.6) is 0 Å². The van der Waals surface area contributed by atoms with Crippen LogP contribution in [0.15, 0.2) is 29.3 Å². The van der Waals surface area contributed by atoms with E-state index in [4.69, 9.17) is 10.1 Å². The molecule has 0 atom stereocenters. The summed E-state index contributed by atoms with van der Waals surface area (Å²) in [5.41, 5.74) is 4.05. The van der Waals surface area contributed by atoms with Crippen LogP contribution in [0.2, 0.25) is 0 Å². The predicted octanol–water partition coefficient (Wildman–Crippen LogP) is 4.48. The maximum atomic E-state index is 13.2. The highest BCUT2D eigenvalue weighted by Gasteiger charge is 2.32. The second kappa shape index (κ2) is 4.79. The molecule has 0 bridgehead atoms. The third kappa shape index (κ3) is 2.28. The minimum atomic E-state index is -0.224. The van der Waals surface area contributed by atoms with Crippen LogP contribution in [-0.2, 0) is 12.0 Å². The molecule has 2 heterocycles. The Balaban J connectivity index is 2.27. The maximum Gasteiger partial charge on any atom is 0.159 e. The van der Waals surface area contributed by atoms with Crippen molar-refractivity contribution in [1.82, 2.24) is 9.78 Å². The Hall–Kier alpha value is -1.97. The highest BCUT2D eigenvalue weighted by atomic mass is 19.1. The second-order valence-corrected chi connectivity index (χ2v) is 6.25. The Bertz CT molecular complexity index is 708. The topological polar surface area (TPSA) is 30.2 Å². The Morgan fingerprint density at radius 2 is 1.90 bits per heavy atom. The molecule has 0 fully saturated rings. The molecule has 1 aliphatic rings.